The summed E-state index contributed by atoms with van der Waals surface area (Å²) >= 11 is 6.81. The highest BCUT2D eigenvalue weighted by molar-refractivity contribution is 9.11. The molecule has 2 aromatic carbocycles. The molecule has 1 amide bonds. The molecule has 128 valence electrons. The maximum absolute atomic E-state index is 12.2. The third kappa shape index (κ3) is 3.77. The molecule has 25 heavy (non-hydrogen) atoms. The van der Waals surface area contributed by atoms with E-state index in [0.29, 0.717) is 5.58 Å². The number of nitrogens with one attached hydrogen (secondary N) is 1. The molecule has 3 rings (SSSR count). The standard InChI is InChI=1S/C18H14Br2N2O3/c1-9-3-11(4-10(2)16(9)23)8-21-22-18(24)15-6-12-5-13(19)7-14(20)17(12)25-15/h3-8,23H,1-2H3,(H,22,24)/b21-8-. The lowest BCUT2D eigenvalue weighted by Crippen LogP contribution is -2.16. The monoisotopic (exact) mass is 464 g/mol. The van der Waals surface area contributed by atoms with E-state index in [9.17, 15) is 9.90 Å². The number of fused-ring (bicyclic) bond motifs is 1. The smallest absolute Gasteiger partial charge is 0.307 e. The fourth-order valence-corrected chi connectivity index (χ4v) is 3.81. The van der Waals surface area contributed by atoms with Gasteiger partial charge < -0.3 is 9.52 Å². The van der Waals surface area contributed by atoms with E-state index in [4.69, 9.17) is 4.42 Å². The first kappa shape index (κ1) is 17.7. The van der Waals surface area contributed by atoms with Crippen LogP contribution in [0, 0.1) is 13.8 Å². The highest BCUT2D eigenvalue weighted by atomic mass is 79.9. The van der Waals surface area contributed by atoms with Gasteiger partial charge in [-0.25, -0.2) is 5.43 Å². The van der Waals surface area contributed by atoms with Crippen molar-refractivity contribution in [1.29, 1.82) is 0 Å². The molecule has 0 saturated carbocycles. The Labute approximate surface area is 161 Å². The number of nitrogens with zero attached hydrogens (tertiary/aromatic N) is 1. The predicted molar refractivity (Wildman–Crippen MR) is 104 cm³/mol. The van der Waals surface area contributed by atoms with E-state index in [1.54, 1.807) is 18.2 Å². The molecular weight excluding hydrogens is 452 g/mol. The van der Waals surface area contributed by atoms with Gasteiger partial charge >= 0.3 is 5.91 Å². The molecule has 1 heterocycles. The summed E-state index contributed by atoms with van der Waals surface area (Å²) in [6.45, 7) is 3.62. The van der Waals surface area contributed by atoms with Crippen LogP contribution in [0.2, 0.25) is 0 Å². The number of hydrogen-bond acceptors (Lipinski definition) is 4. The van der Waals surface area contributed by atoms with Crippen LogP contribution >= 0.6 is 31.9 Å². The highest BCUT2D eigenvalue weighted by Gasteiger charge is 2.14. The first-order chi connectivity index (χ1) is 11.8. The molecule has 7 heteroatoms. The number of amides is 1. The van der Waals surface area contributed by atoms with Gasteiger partial charge in [0.05, 0.1) is 10.7 Å². The Kier molecular flexibility index (Phi) is 4.96. The minimum absolute atomic E-state index is 0.170. The summed E-state index contributed by atoms with van der Waals surface area (Å²) in [5.41, 5.74) is 5.33. The Morgan fingerprint density at radius 3 is 2.52 bits per heavy atom. The summed E-state index contributed by atoms with van der Waals surface area (Å²) in [6.07, 6.45) is 1.52. The van der Waals surface area contributed by atoms with Crippen molar-refractivity contribution >= 4 is 55.0 Å². The molecule has 2 N–H and O–H groups in total. The highest BCUT2D eigenvalue weighted by Crippen LogP contribution is 2.31. The second-order valence-corrected chi connectivity index (χ2v) is 7.39. The van der Waals surface area contributed by atoms with Gasteiger partial charge in [-0.05, 0) is 76.8 Å². The summed E-state index contributed by atoms with van der Waals surface area (Å²) < 4.78 is 7.23. The molecule has 0 fully saturated rings. The van der Waals surface area contributed by atoms with Crippen molar-refractivity contribution in [3.05, 3.63) is 61.7 Å². The Morgan fingerprint density at radius 1 is 1.16 bits per heavy atom. The minimum Gasteiger partial charge on any atom is -0.507 e. The van der Waals surface area contributed by atoms with Crippen LogP contribution in [0.4, 0.5) is 0 Å². The Morgan fingerprint density at radius 2 is 1.84 bits per heavy atom. The number of hydrazone groups is 1. The molecule has 0 saturated heterocycles. The molecular formula is C18H14Br2N2O3. The van der Waals surface area contributed by atoms with Gasteiger partial charge in [0.25, 0.3) is 0 Å². The van der Waals surface area contributed by atoms with Gasteiger partial charge in [0, 0.05) is 9.86 Å². The van der Waals surface area contributed by atoms with Crippen molar-refractivity contribution in [3.63, 3.8) is 0 Å². The van der Waals surface area contributed by atoms with Crippen molar-refractivity contribution in [2.75, 3.05) is 0 Å². The number of carbonyl (C=O) groups excluding carboxylic acids is 1. The Hall–Kier alpha value is -2.12. The van der Waals surface area contributed by atoms with Crippen molar-refractivity contribution in [2.45, 2.75) is 13.8 Å². The van der Waals surface area contributed by atoms with Gasteiger partial charge in [0.1, 0.15) is 11.3 Å². The zero-order valence-corrected chi connectivity index (χ0v) is 16.6. The molecule has 1 aromatic heterocycles. The number of rotatable bonds is 3. The predicted octanol–water partition coefficient (Wildman–Crippen LogP) is 5.04. The molecule has 0 aliphatic heterocycles. The fourth-order valence-electron chi connectivity index (χ4n) is 2.47. The number of carbonyl (C=O) groups is 1. The van der Waals surface area contributed by atoms with Crippen LogP contribution < -0.4 is 5.43 Å². The molecule has 0 spiro atoms. The van der Waals surface area contributed by atoms with Crippen LogP contribution in [-0.4, -0.2) is 17.2 Å². The second-order valence-electron chi connectivity index (χ2n) is 5.62. The lowest BCUT2D eigenvalue weighted by atomic mass is 10.1. The number of halogens is 2. The van der Waals surface area contributed by atoms with E-state index >= 15 is 0 Å². The molecule has 0 aliphatic rings. The van der Waals surface area contributed by atoms with Gasteiger partial charge in [-0.15, -0.1) is 0 Å². The number of phenols is 1. The third-order valence-corrected chi connectivity index (χ3v) is 4.70. The summed E-state index contributed by atoms with van der Waals surface area (Å²) in [4.78, 5) is 12.2. The van der Waals surface area contributed by atoms with Crippen molar-refractivity contribution in [1.82, 2.24) is 5.43 Å². The molecule has 0 bridgehead atoms. The summed E-state index contributed by atoms with van der Waals surface area (Å²) in [6, 6.07) is 8.94. The van der Waals surface area contributed by atoms with Gasteiger partial charge in [-0.2, -0.15) is 5.10 Å². The third-order valence-electron chi connectivity index (χ3n) is 3.65. The number of aryl methyl sites for hydroxylation is 2. The average molecular weight is 466 g/mol. The maximum Gasteiger partial charge on any atom is 0.307 e. The number of furan rings is 1. The van der Waals surface area contributed by atoms with Crippen LogP contribution in [0.25, 0.3) is 11.0 Å². The first-order valence-electron chi connectivity index (χ1n) is 7.37. The van der Waals surface area contributed by atoms with E-state index in [0.717, 1.165) is 31.0 Å². The van der Waals surface area contributed by atoms with Gasteiger partial charge in [-0.1, -0.05) is 15.9 Å². The SMILES string of the molecule is Cc1cc(/C=N\NC(=O)c2cc3cc(Br)cc(Br)c3o2)cc(C)c1O. The number of hydrogen-bond donors (Lipinski definition) is 2. The quantitative estimate of drug-likeness (QED) is 0.420. The summed E-state index contributed by atoms with van der Waals surface area (Å²) in [5.74, 6) is -0.00749. The van der Waals surface area contributed by atoms with E-state index in [1.807, 2.05) is 26.0 Å². The minimum atomic E-state index is -0.442. The fraction of sp³-hybridized carbons (Fsp3) is 0.111. The van der Waals surface area contributed by atoms with Crippen molar-refractivity contribution < 1.29 is 14.3 Å². The zero-order valence-electron chi connectivity index (χ0n) is 13.4. The van der Waals surface area contributed by atoms with E-state index in [2.05, 4.69) is 42.4 Å². The summed E-state index contributed by atoms with van der Waals surface area (Å²) in [5, 5.41) is 14.5. The van der Waals surface area contributed by atoms with Crippen LogP contribution in [0.5, 0.6) is 5.75 Å². The Bertz CT molecular complexity index is 986. The molecule has 5 nitrogen and oxygen atoms in total. The van der Waals surface area contributed by atoms with E-state index in [-0.39, 0.29) is 11.5 Å². The van der Waals surface area contributed by atoms with Gasteiger partial charge in [0.2, 0.25) is 0 Å². The number of phenolic OH excluding ortho intramolecular Hbond substituents is 1. The van der Waals surface area contributed by atoms with Crippen molar-refractivity contribution in [2.24, 2.45) is 5.10 Å². The van der Waals surface area contributed by atoms with Gasteiger partial charge in [0.15, 0.2) is 5.76 Å². The normalized spacial score (nSPS) is 11.4. The van der Waals surface area contributed by atoms with E-state index < -0.39 is 5.91 Å². The molecule has 0 unspecified atom stereocenters. The first-order valence-corrected chi connectivity index (χ1v) is 8.96. The Balaban J connectivity index is 1.78. The number of aromatic hydroxyl groups is 1. The maximum atomic E-state index is 12.2. The summed E-state index contributed by atoms with van der Waals surface area (Å²) in [7, 11) is 0. The lowest BCUT2D eigenvalue weighted by Gasteiger charge is -2.04. The lowest BCUT2D eigenvalue weighted by molar-refractivity contribution is 0.0929. The molecule has 3 aromatic rings. The van der Waals surface area contributed by atoms with Crippen LogP contribution in [0.1, 0.15) is 27.2 Å². The van der Waals surface area contributed by atoms with Crippen LogP contribution in [-0.2, 0) is 0 Å². The van der Waals surface area contributed by atoms with Crippen LogP contribution in [0.3, 0.4) is 0 Å². The van der Waals surface area contributed by atoms with E-state index in [1.165, 1.54) is 6.21 Å². The largest absolute Gasteiger partial charge is 0.507 e. The average Bonchev–Trinajstić information content (AvgIpc) is 2.96. The topological polar surface area (TPSA) is 74.8 Å². The zero-order chi connectivity index (χ0) is 18.1. The van der Waals surface area contributed by atoms with Crippen LogP contribution in [0.15, 0.2) is 48.8 Å². The molecule has 0 atom stereocenters. The number of benzene rings is 2. The second kappa shape index (κ2) is 7.01. The molecule has 0 radical (unpaired) electrons. The van der Waals surface area contributed by atoms with Crippen molar-refractivity contribution in [3.8, 4) is 5.75 Å². The molecule has 0 aliphatic carbocycles. The van der Waals surface area contributed by atoms with Gasteiger partial charge in [-0.3, -0.25) is 4.79 Å².